The van der Waals surface area contributed by atoms with Crippen LogP contribution in [-0.4, -0.2) is 19.9 Å². The Bertz CT molecular complexity index is 771. The van der Waals surface area contributed by atoms with Gasteiger partial charge in [-0.1, -0.05) is 37.5 Å². The van der Waals surface area contributed by atoms with Crippen LogP contribution in [0.25, 0.3) is 0 Å². The molecule has 2 rings (SSSR count). The van der Waals surface area contributed by atoms with Gasteiger partial charge in [0, 0.05) is 6.54 Å². The van der Waals surface area contributed by atoms with E-state index in [4.69, 9.17) is 0 Å². The van der Waals surface area contributed by atoms with E-state index >= 15 is 0 Å². The SMILES string of the molecule is CCCCCNc1ccc(NS(=O)(=O)c2ccc(C)cc2C)nc1. The zero-order valence-corrected chi connectivity index (χ0v) is 15.3. The maximum Gasteiger partial charge on any atom is 0.263 e. The molecule has 0 aliphatic heterocycles. The van der Waals surface area contributed by atoms with E-state index in [1.165, 1.54) is 12.8 Å². The molecule has 1 aromatic heterocycles. The monoisotopic (exact) mass is 347 g/mol. The number of rotatable bonds is 8. The summed E-state index contributed by atoms with van der Waals surface area (Å²) in [5, 5.41) is 3.28. The van der Waals surface area contributed by atoms with Gasteiger partial charge in [-0.2, -0.15) is 0 Å². The lowest BCUT2D eigenvalue weighted by atomic mass is 10.2. The summed E-state index contributed by atoms with van der Waals surface area (Å²) in [6.45, 7) is 6.78. The van der Waals surface area contributed by atoms with Gasteiger partial charge < -0.3 is 5.32 Å². The van der Waals surface area contributed by atoms with Gasteiger partial charge >= 0.3 is 0 Å². The molecule has 1 heterocycles. The molecule has 0 unspecified atom stereocenters. The Kier molecular flexibility index (Phi) is 6.20. The summed E-state index contributed by atoms with van der Waals surface area (Å²) in [6.07, 6.45) is 5.12. The number of anilines is 2. The Morgan fingerprint density at radius 2 is 1.88 bits per heavy atom. The molecule has 0 aliphatic carbocycles. The Hall–Kier alpha value is -2.08. The summed E-state index contributed by atoms with van der Waals surface area (Å²) in [6, 6.07) is 8.77. The highest BCUT2D eigenvalue weighted by Gasteiger charge is 2.17. The Balaban J connectivity index is 2.04. The summed E-state index contributed by atoms with van der Waals surface area (Å²) in [5.74, 6) is 0.314. The van der Waals surface area contributed by atoms with E-state index in [9.17, 15) is 8.42 Å². The van der Waals surface area contributed by atoms with Crippen molar-refractivity contribution in [2.45, 2.75) is 44.9 Å². The number of aromatic nitrogens is 1. The van der Waals surface area contributed by atoms with Crippen LogP contribution in [0, 0.1) is 13.8 Å². The second-order valence-electron chi connectivity index (χ2n) is 5.94. The molecular weight excluding hydrogens is 322 g/mol. The van der Waals surface area contributed by atoms with E-state index in [-0.39, 0.29) is 4.90 Å². The van der Waals surface area contributed by atoms with Gasteiger partial charge in [-0.15, -0.1) is 0 Å². The van der Waals surface area contributed by atoms with Crippen molar-refractivity contribution in [1.29, 1.82) is 0 Å². The topological polar surface area (TPSA) is 71.1 Å². The highest BCUT2D eigenvalue weighted by atomic mass is 32.2. The van der Waals surface area contributed by atoms with Gasteiger partial charge in [0.15, 0.2) is 0 Å². The maximum absolute atomic E-state index is 12.5. The van der Waals surface area contributed by atoms with Crippen molar-refractivity contribution in [2.24, 2.45) is 0 Å². The number of unbranched alkanes of at least 4 members (excludes halogenated alkanes) is 2. The number of nitrogens with zero attached hydrogens (tertiary/aromatic N) is 1. The summed E-state index contributed by atoms with van der Waals surface area (Å²) < 4.78 is 27.5. The lowest BCUT2D eigenvalue weighted by Crippen LogP contribution is -2.15. The minimum atomic E-state index is -3.63. The van der Waals surface area contributed by atoms with Crippen LogP contribution < -0.4 is 10.0 Å². The molecule has 0 saturated heterocycles. The molecular formula is C18H25N3O2S. The highest BCUT2D eigenvalue weighted by molar-refractivity contribution is 7.92. The number of sulfonamides is 1. The Labute approximate surface area is 144 Å². The summed E-state index contributed by atoms with van der Waals surface area (Å²) >= 11 is 0. The van der Waals surface area contributed by atoms with Crippen LogP contribution in [0.2, 0.25) is 0 Å². The van der Waals surface area contributed by atoms with Crippen molar-refractivity contribution in [3.8, 4) is 0 Å². The lowest BCUT2D eigenvalue weighted by Gasteiger charge is -2.11. The summed E-state index contributed by atoms with van der Waals surface area (Å²) in [5.41, 5.74) is 2.64. The van der Waals surface area contributed by atoms with Crippen LogP contribution in [-0.2, 0) is 10.0 Å². The number of aryl methyl sites for hydroxylation is 2. The van der Waals surface area contributed by atoms with Crippen molar-refractivity contribution in [3.63, 3.8) is 0 Å². The van der Waals surface area contributed by atoms with E-state index in [1.54, 1.807) is 31.3 Å². The van der Waals surface area contributed by atoms with E-state index in [2.05, 4.69) is 21.9 Å². The molecule has 0 spiro atoms. The number of pyridine rings is 1. The first-order chi connectivity index (χ1) is 11.4. The van der Waals surface area contributed by atoms with Gasteiger partial charge in [0.05, 0.1) is 16.8 Å². The van der Waals surface area contributed by atoms with Gasteiger partial charge in [-0.05, 0) is 44.0 Å². The van der Waals surface area contributed by atoms with Crippen LogP contribution in [0.15, 0.2) is 41.4 Å². The summed E-state index contributed by atoms with van der Waals surface area (Å²) in [7, 11) is -3.63. The zero-order valence-electron chi connectivity index (χ0n) is 14.5. The van der Waals surface area contributed by atoms with E-state index in [0.717, 1.165) is 29.8 Å². The standard InChI is InChI=1S/C18H25N3O2S/c1-4-5-6-11-19-16-8-10-18(20-13-16)21-24(22,23)17-9-7-14(2)12-15(17)3/h7-10,12-13,19H,4-6,11H2,1-3H3,(H,20,21). The average molecular weight is 347 g/mol. The maximum atomic E-state index is 12.5. The summed E-state index contributed by atoms with van der Waals surface area (Å²) in [4.78, 5) is 4.46. The minimum Gasteiger partial charge on any atom is -0.384 e. The first kappa shape index (κ1) is 18.3. The second kappa shape index (κ2) is 8.15. The normalized spacial score (nSPS) is 11.3. The fourth-order valence-corrected chi connectivity index (χ4v) is 3.70. The van der Waals surface area contributed by atoms with Crippen molar-refractivity contribution < 1.29 is 8.42 Å². The Morgan fingerprint density at radius 1 is 1.08 bits per heavy atom. The molecule has 24 heavy (non-hydrogen) atoms. The van der Waals surface area contributed by atoms with Crippen molar-refractivity contribution >= 4 is 21.5 Å². The first-order valence-electron chi connectivity index (χ1n) is 8.22. The molecule has 2 N–H and O–H groups in total. The molecule has 0 aliphatic rings. The molecule has 0 amide bonds. The van der Waals surface area contributed by atoms with E-state index in [1.807, 2.05) is 19.1 Å². The van der Waals surface area contributed by atoms with Crippen molar-refractivity contribution in [3.05, 3.63) is 47.7 Å². The van der Waals surface area contributed by atoms with Crippen LogP contribution in [0.5, 0.6) is 0 Å². The number of hydrogen-bond acceptors (Lipinski definition) is 4. The quantitative estimate of drug-likeness (QED) is 0.705. The number of hydrogen-bond donors (Lipinski definition) is 2. The minimum absolute atomic E-state index is 0.275. The van der Waals surface area contributed by atoms with Crippen molar-refractivity contribution in [2.75, 3.05) is 16.6 Å². The molecule has 0 atom stereocenters. The van der Waals surface area contributed by atoms with Crippen LogP contribution in [0.4, 0.5) is 11.5 Å². The van der Waals surface area contributed by atoms with Crippen molar-refractivity contribution in [1.82, 2.24) is 4.98 Å². The van der Waals surface area contributed by atoms with Gasteiger partial charge in [-0.3, -0.25) is 4.72 Å². The van der Waals surface area contributed by atoms with Gasteiger partial charge in [0.25, 0.3) is 10.0 Å². The van der Waals surface area contributed by atoms with E-state index in [0.29, 0.717) is 5.82 Å². The number of benzene rings is 1. The first-order valence-corrected chi connectivity index (χ1v) is 9.70. The molecule has 6 heteroatoms. The predicted octanol–water partition coefficient (Wildman–Crippen LogP) is 4.10. The smallest absolute Gasteiger partial charge is 0.263 e. The van der Waals surface area contributed by atoms with Gasteiger partial charge in [0.1, 0.15) is 5.82 Å². The molecule has 1 aromatic carbocycles. The molecule has 0 saturated carbocycles. The van der Waals surface area contributed by atoms with Crippen LogP contribution in [0.1, 0.15) is 37.3 Å². The molecule has 130 valence electrons. The third-order valence-corrected chi connectivity index (χ3v) is 5.25. The zero-order chi connectivity index (χ0) is 17.6. The third-order valence-electron chi connectivity index (χ3n) is 3.73. The average Bonchev–Trinajstić information content (AvgIpc) is 2.52. The molecule has 2 aromatic rings. The molecule has 0 bridgehead atoms. The van der Waals surface area contributed by atoms with Gasteiger partial charge in [-0.25, -0.2) is 13.4 Å². The predicted molar refractivity (Wildman–Crippen MR) is 99.0 cm³/mol. The van der Waals surface area contributed by atoms with Gasteiger partial charge in [0.2, 0.25) is 0 Å². The second-order valence-corrected chi connectivity index (χ2v) is 7.59. The largest absolute Gasteiger partial charge is 0.384 e. The third kappa shape index (κ3) is 4.96. The fourth-order valence-electron chi connectivity index (χ4n) is 2.46. The number of nitrogens with one attached hydrogen (secondary N) is 2. The molecule has 0 radical (unpaired) electrons. The molecule has 5 nitrogen and oxygen atoms in total. The highest BCUT2D eigenvalue weighted by Crippen LogP contribution is 2.20. The Morgan fingerprint density at radius 3 is 2.50 bits per heavy atom. The molecule has 0 fully saturated rings. The van der Waals surface area contributed by atoms with Crippen LogP contribution in [0.3, 0.4) is 0 Å². The lowest BCUT2D eigenvalue weighted by molar-refractivity contribution is 0.600. The fraction of sp³-hybridized carbons (Fsp3) is 0.389. The van der Waals surface area contributed by atoms with E-state index < -0.39 is 10.0 Å². The van der Waals surface area contributed by atoms with Crippen LogP contribution >= 0.6 is 0 Å².